The summed E-state index contributed by atoms with van der Waals surface area (Å²) in [6.45, 7) is 0.640. The van der Waals surface area contributed by atoms with E-state index in [1.165, 1.54) is 12.1 Å². The molecule has 0 N–H and O–H groups in total. The molecule has 0 saturated carbocycles. The van der Waals surface area contributed by atoms with Gasteiger partial charge in [0.05, 0.1) is 0 Å². The maximum Gasteiger partial charge on any atom is 0.425 e. The monoisotopic (exact) mass is 376 g/mol. The number of carbonyl (C=O) groups is 1. The molecule has 2 nitrogen and oxygen atoms in total. The van der Waals surface area contributed by atoms with Crippen LogP contribution in [0.25, 0.3) is 0 Å². The maximum atomic E-state index is 13.5. The number of ether oxygens (including phenoxy) is 1. The van der Waals surface area contributed by atoms with Gasteiger partial charge in [0.1, 0.15) is 5.75 Å². The third-order valence-electron chi connectivity index (χ3n) is 3.63. The average Bonchev–Trinajstić information content (AvgIpc) is 2.61. The Kier molecular flexibility index (Phi) is 5.63. The van der Waals surface area contributed by atoms with Crippen LogP contribution in [0.1, 0.15) is 22.8 Å². The van der Waals surface area contributed by atoms with Crippen molar-refractivity contribution in [2.75, 3.05) is 0 Å². The molecular weight excluding hydrogens is 362 g/mol. The fourth-order valence-electron chi connectivity index (χ4n) is 2.15. The Morgan fingerprint density at radius 3 is 1.88 bits per heavy atom. The molecule has 0 aliphatic rings. The first kappa shape index (κ1) is 19.8. The second kappa shape index (κ2) is 7.39. The van der Waals surface area contributed by atoms with Crippen molar-refractivity contribution in [1.29, 1.82) is 0 Å². The van der Waals surface area contributed by atoms with Crippen molar-refractivity contribution in [2.24, 2.45) is 0 Å². The minimum Gasteiger partial charge on any atom is -0.484 e. The van der Waals surface area contributed by atoms with Crippen molar-refractivity contribution in [3.8, 4) is 5.75 Å². The molecule has 140 valence electrons. The predicted octanol–water partition coefficient (Wildman–Crippen LogP) is 5.22. The number of rotatable bonds is 6. The average molecular weight is 376 g/mol. The molecule has 0 amide bonds. The van der Waals surface area contributed by atoms with Crippen molar-refractivity contribution in [2.45, 2.75) is 31.3 Å². The van der Waals surface area contributed by atoms with Crippen LogP contribution in [-0.4, -0.2) is 30.2 Å². The zero-order chi connectivity index (χ0) is 19.5. The summed E-state index contributed by atoms with van der Waals surface area (Å²) < 4.78 is 81.4. The van der Waals surface area contributed by atoms with E-state index in [1.54, 1.807) is 30.3 Å². The fourth-order valence-corrected chi connectivity index (χ4v) is 2.15. The second-order valence-corrected chi connectivity index (χ2v) is 5.56. The van der Waals surface area contributed by atoms with Gasteiger partial charge in [-0.3, -0.25) is 4.79 Å². The highest BCUT2D eigenvalue weighted by molar-refractivity contribution is 6.08. The first-order valence-electron chi connectivity index (χ1n) is 7.48. The lowest BCUT2D eigenvalue weighted by molar-refractivity contribution is -0.262. The lowest BCUT2D eigenvalue weighted by Gasteiger charge is -2.28. The van der Waals surface area contributed by atoms with E-state index in [0.717, 1.165) is 12.1 Å². The lowest BCUT2D eigenvalue weighted by atomic mass is 10.0. The van der Waals surface area contributed by atoms with Gasteiger partial charge in [0, 0.05) is 11.1 Å². The second-order valence-electron chi connectivity index (χ2n) is 5.56. The van der Waals surface area contributed by atoms with Gasteiger partial charge < -0.3 is 4.74 Å². The number of carbonyl (C=O) groups excluding carboxylic acids is 1. The quantitative estimate of drug-likeness (QED) is 0.510. The largest absolute Gasteiger partial charge is 0.484 e. The van der Waals surface area contributed by atoms with E-state index in [0.29, 0.717) is 12.5 Å². The normalized spacial score (nSPS) is 14.6. The molecule has 0 spiro atoms. The lowest BCUT2D eigenvalue weighted by Crippen LogP contribution is -2.50. The zero-order valence-electron chi connectivity index (χ0n) is 13.4. The van der Waals surface area contributed by atoms with Crippen molar-refractivity contribution in [3.63, 3.8) is 0 Å². The minimum absolute atomic E-state index is 0.212. The highest BCUT2D eigenvalue weighted by atomic mass is 19.4. The molecule has 2 atom stereocenters. The Labute approximate surface area is 145 Å². The maximum absolute atomic E-state index is 13.5. The van der Waals surface area contributed by atoms with Crippen LogP contribution in [0.15, 0.2) is 54.6 Å². The zero-order valence-corrected chi connectivity index (χ0v) is 13.4. The first-order chi connectivity index (χ1) is 12.0. The number of alkyl halides is 6. The highest BCUT2D eigenvalue weighted by Gasteiger charge is 2.60. The number of ketones is 1. The molecule has 0 saturated heterocycles. The SMILES string of the molecule is CC(Oc1ccc(C(=O)c2ccccc2)cc1)C(F)(F)C(F)C(F)(F)F. The van der Waals surface area contributed by atoms with Gasteiger partial charge in [0.15, 0.2) is 11.9 Å². The summed E-state index contributed by atoms with van der Waals surface area (Å²) in [4.78, 5) is 12.2. The first-order valence-corrected chi connectivity index (χ1v) is 7.48. The van der Waals surface area contributed by atoms with Gasteiger partial charge in [0.25, 0.3) is 6.17 Å². The van der Waals surface area contributed by atoms with E-state index >= 15 is 0 Å². The van der Waals surface area contributed by atoms with E-state index in [-0.39, 0.29) is 17.1 Å². The van der Waals surface area contributed by atoms with Crippen LogP contribution in [-0.2, 0) is 0 Å². The minimum atomic E-state index is -5.70. The van der Waals surface area contributed by atoms with E-state index in [1.807, 2.05) is 0 Å². The van der Waals surface area contributed by atoms with Crippen molar-refractivity contribution in [3.05, 3.63) is 65.7 Å². The Bertz CT molecular complexity index is 741. The highest BCUT2D eigenvalue weighted by Crippen LogP contribution is 2.38. The van der Waals surface area contributed by atoms with Crippen molar-refractivity contribution >= 4 is 5.78 Å². The van der Waals surface area contributed by atoms with E-state index in [9.17, 15) is 31.1 Å². The molecule has 2 aromatic rings. The van der Waals surface area contributed by atoms with Gasteiger partial charge in [-0.25, -0.2) is 4.39 Å². The van der Waals surface area contributed by atoms with Gasteiger partial charge in [0.2, 0.25) is 0 Å². The summed E-state index contributed by atoms with van der Waals surface area (Å²) in [5.74, 6) is -5.30. The molecule has 0 heterocycles. The number of halogens is 6. The Morgan fingerprint density at radius 1 is 0.885 bits per heavy atom. The number of hydrogen-bond donors (Lipinski definition) is 0. The van der Waals surface area contributed by atoms with Gasteiger partial charge in [-0.1, -0.05) is 30.3 Å². The van der Waals surface area contributed by atoms with Crippen LogP contribution in [0.4, 0.5) is 26.3 Å². The molecule has 0 aromatic heterocycles. The molecule has 0 bridgehead atoms. The van der Waals surface area contributed by atoms with E-state index < -0.39 is 24.4 Å². The van der Waals surface area contributed by atoms with Crippen LogP contribution in [0.3, 0.4) is 0 Å². The summed E-state index contributed by atoms with van der Waals surface area (Å²) in [5.41, 5.74) is 0.646. The molecule has 0 fully saturated rings. The van der Waals surface area contributed by atoms with Crippen LogP contribution in [0, 0.1) is 0 Å². The topological polar surface area (TPSA) is 26.3 Å². The molecule has 0 radical (unpaired) electrons. The smallest absolute Gasteiger partial charge is 0.425 e. The molecule has 0 aliphatic carbocycles. The summed E-state index contributed by atoms with van der Waals surface area (Å²) in [7, 11) is 0. The molecule has 2 unspecified atom stereocenters. The molecule has 2 rings (SSSR count). The van der Waals surface area contributed by atoms with Crippen LogP contribution >= 0.6 is 0 Å². The Hall–Kier alpha value is -2.51. The third-order valence-corrected chi connectivity index (χ3v) is 3.63. The Balaban J connectivity index is 2.10. The van der Waals surface area contributed by atoms with Gasteiger partial charge >= 0.3 is 12.1 Å². The number of hydrogen-bond acceptors (Lipinski definition) is 2. The number of benzene rings is 2. The van der Waals surface area contributed by atoms with Gasteiger partial charge in [-0.05, 0) is 31.2 Å². The molecule has 8 heteroatoms. The third kappa shape index (κ3) is 4.36. The molecule has 26 heavy (non-hydrogen) atoms. The Morgan fingerprint density at radius 2 is 1.38 bits per heavy atom. The molecule has 0 aliphatic heterocycles. The summed E-state index contributed by atoms with van der Waals surface area (Å²) >= 11 is 0. The van der Waals surface area contributed by atoms with Gasteiger partial charge in [-0.15, -0.1) is 0 Å². The molecular formula is C18H14F6O2. The standard InChI is InChI=1S/C18H14F6O2/c1-11(17(20,21)16(19)18(22,23)24)26-14-9-7-13(8-10-14)15(25)12-5-3-2-4-6-12/h2-11,16H,1H3. The van der Waals surface area contributed by atoms with Crippen LogP contribution in [0.5, 0.6) is 5.75 Å². The summed E-state index contributed by atoms with van der Waals surface area (Å²) in [5, 5.41) is 0. The molecule has 2 aromatic carbocycles. The van der Waals surface area contributed by atoms with E-state index in [4.69, 9.17) is 4.74 Å². The van der Waals surface area contributed by atoms with E-state index in [2.05, 4.69) is 0 Å². The summed E-state index contributed by atoms with van der Waals surface area (Å²) in [6.07, 6.45) is -12.4. The fraction of sp³-hybridized carbons (Fsp3) is 0.278. The van der Waals surface area contributed by atoms with Crippen LogP contribution in [0.2, 0.25) is 0 Å². The predicted molar refractivity (Wildman–Crippen MR) is 82.3 cm³/mol. The van der Waals surface area contributed by atoms with Crippen molar-refractivity contribution in [1.82, 2.24) is 0 Å². The summed E-state index contributed by atoms with van der Waals surface area (Å²) in [6, 6.07) is 13.1. The van der Waals surface area contributed by atoms with Gasteiger partial charge in [-0.2, -0.15) is 22.0 Å². The van der Waals surface area contributed by atoms with Crippen molar-refractivity contribution < 1.29 is 35.9 Å². The van der Waals surface area contributed by atoms with Crippen LogP contribution < -0.4 is 4.74 Å².